The lowest BCUT2D eigenvalue weighted by molar-refractivity contribution is 0.0938. The molecule has 0 radical (unpaired) electrons. The van der Waals surface area contributed by atoms with Crippen LogP contribution in [-0.4, -0.2) is 32.0 Å². The van der Waals surface area contributed by atoms with Crippen molar-refractivity contribution in [3.05, 3.63) is 94.6 Å². The van der Waals surface area contributed by atoms with Crippen molar-refractivity contribution in [2.45, 2.75) is 6.04 Å². The second-order valence-corrected chi connectivity index (χ2v) is 6.45. The van der Waals surface area contributed by atoms with Crippen LogP contribution in [-0.2, 0) is 7.05 Å². The minimum atomic E-state index is -0.616. The molecule has 0 aliphatic carbocycles. The Balaban J connectivity index is 1.77. The number of ether oxygens (including phenoxy) is 1. The number of aryl methyl sites for hydroxylation is 1. The van der Waals surface area contributed by atoms with Crippen molar-refractivity contribution in [3.8, 4) is 5.75 Å². The van der Waals surface area contributed by atoms with Crippen LogP contribution in [0, 0.1) is 0 Å². The molecule has 1 atom stereocenters. The van der Waals surface area contributed by atoms with Gasteiger partial charge in [0.15, 0.2) is 0 Å². The number of hydrogen-bond donors (Lipinski definition) is 1. The number of aromatic nitrogens is 4. The molecule has 8 nitrogen and oxygen atoms in total. The van der Waals surface area contributed by atoms with Gasteiger partial charge in [0.2, 0.25) is 0 Å². The normalized spacial score (nSPS) is 11.9. The van der Waals surface area contributed by atoms with E-state index in [1.165, 1.54) is 10.6 Å². The lowest BCUT2D eigenvalue weighted by Gasteiger charge is -2.21. The Bertz CT molecular complexity index is 1240. The molecule has 3 aromatic heterocycles. The fourth-order valence-electron chi connectivity index (χ4n) is 3.23. The van der Waals surface area contributed by atoms with Crippen molar-refractivity contribution in [1.29, 1.82) is 0 Å². The summed E-state index contributed by atoms with van der Waals surface area (Å²) in [5, 5.41) is 2.92. The molecule has 4 rings (SSSR count). The second-order valence-electron chi connectivity index (χ2n) is 6.45. The molecule has 0 spiro atoms. The first-order valence-corrected chi connectivity index (χ1v) is 8.97. The highest BCUT2D eigenvalue weighted by Crippen LogP contribution is 2.29. The van der Waals surface area contributed by atoms with Gasteiger partial charge in [-0.2, -0.15) is 0 Å². The number of carbonyl (C=O) groups excluding carboxylic acids is 1. The van der Waals surface area contributed by atoms with Crippen LogP contribution in [0.15, 0.2) is 72.0 Å². The van der Waals surface area contributed by atoms with Gasteiger partial charge in [0, 0.05) is 37.4 Å². The standard InChI is InChI=1S/C21H19N5O3/c1-25-12-10-22-19(25)18(14-7-3-4-8-16(14)29-2)24-20(27)15-13-23-17-9-5-6-11-26(17)21(15)28/h3-13,18H,1-2H3,(H,24,27)/t18-/m1/s1. The minimum absolute atomic E-state index is 0.0530. The highest BCUT2D eigenvalue weighted by molar-refractivity contribution is 5.94. The Hall–Kier alpha value is -3.94. The Morgan fingerprint density at radius 1 is 1.10 bits per heavy atom. The summed E-state index contributed by atoms with van der Waals surface area (Å²) in [6.07, 6.45) is 6.31. The summed E-state index contributed by atoms with van der Waals surface area (Å²) in [7, 11) is 3.40. The van der Waals surface area contributed by atoms with E-state index in [0.717, 1.165) is 5.56 Å². The Labute approximate surface area is 166 Å². The first kappa shape index (κ1) is 18.4. The van der Waals surface area contributed by atoms with Crippen molar-refractivity contribution in [2.24, 2.45) is 7.05 Å². The number of nitrogens with one attached hydrogen (secondary N) is 1. The third kappa shape index (κ3) is 3.36. The van der Waals surface area contributed by atoms with E-state index in [-0.39, 0.29) is 5.56 Å². The summed E-state index contributed by atoms with van der Waals surface area (Å²) in [4.78, 5) is 34.4. The number of imidazole rings is 1. The van der Waals surface area contributed by atoms with Gasteiger partial charge in [-0.25, -0.2) is 9.97 Å². The third-order valence-electron chi connectivity index (χ3n) is 4.70. The van der Waals surface area contributed by atoms with Crippen molar-refractivity contribution < 1.29 is 9.53 Å². The summed E-state index contributed by atoms with van der Waals surface area (Å²) in [5.74, 6) is 0.672. The molecule has 1 N–H and O–H groups in total. The smallest absolute Gasteiger partial charge is 0.270 e. The maximum atomic E-state index is 13.1. The molecule has 0 aliphatic rings. The molecule has 3 heterocycles. The van der Waals surface area contributed by atoms with E-state index in [9.17, 15) is 9.59 Å². The van der Waals surface area contributed by atoms with E-state index in [0.29, 0.717) is 17.2 Å². The van der Waals surface area contributed by atoms with Crippen LogP contribution < -0.4 is 15.6 Å². The van der Waals surface area contributed by atoms with Crippen molar-refractivity contribution in [2.75, 3.05) is 7.11 Å². The van der Waals surface area contributed by atoms with E-state index >= 15 is 0 Å². The van der Waals surface area contributed by atoms with E-state index in [1.807, 2.05) is 35.9 Å². The number of methoxy groups -OCH3 is 1. The Morgan fingerprint density at radius 2 is 1.90 bits per heavy atom. The molecule has 0 bridgehead atoms. The molecule has 8 heteroatoms. The summed E-state index contributed by atoms with van der Waals surface area (Å²) in [6, 6.07) is 11.9. The number of pyridine rings is 1. The number of rotatable bonds is 5. The number of amides is 1. The van der Waals surface area contributed by atoms with Crippen LogP contribution in [0.3, 0.4) is 0 Å². The zero-order chi connectivity index (χ0) is 20.4. The molecule has 4 aromatic rings. The molecule has 0 saturated carbocycles. The number of carbonyl (C=O) groups is 1. The fraction of sp³-hybridized carbons (Fsp3) is 0.143. The predicted octanol–water partition coefficient (Wildman–Crippen LogP) is 1.96. The van der Waals surface area contributed by atoms with E-state index in [4.69, 9.17) is 4.74 Å². The van der Waals surface area contributed by atoms with Gasteiger partial charge >= 0.3 is 0 Å². The molecule has 146 valence electrons. The molecule has 0 fully saturated rings. The number of para-hydroxylation sites is 1. The van der Waals surface area contributed by atoms with E-state index in [2.05, 4.69) is 15.3 Å². The van der Waals surface area contributed by atoms with Crippen LogP contribution >= 0.6 is 0 Å². The lowest BCUT2D eigenvalue weighted by Crippen LogP contribution is -2.35. The number of nitrogens with zero attached hydrogens (tertiary/aromatic N) is 4. The first-order valence-electron chi connectivity index (χ1n) is 8.97. The maximum absolute atomic E-state index is 13.1. The Kier molecular flexibility index (Phi) is 4.82. The summed E-state index contributed by atoms with van der Waals surface area (Å²) < 4.78 is 8.62. The van der Waals surface area contributed by atoms with Gasteiger partial charge in [0.05, 0.1) is 7.11 Å². The zero-order valence-electron chi connectivity index (χ0n) is 15.9. The van der Waals surface area contributed by atoms with Gasteiger partial charge in [-0.05, 0) is 18.2 Å². The maximum Gasteiger partial charge on any atom is 0.270 e. The second kappa shape index (κ2) is 7.59. The average molecular weight is 389 g/mol. The van der Waals surface area contributed by atoms with Gasteiger partial charge in [-0.3, -0.25) is 14.0 Å². The number of fused-ring (bicyclic) bond motifs is 1. The van der Waals surface area contributed by atoms with Crippen LogP contribution in [0.4, 0.5) is 0 Å². The van der Waals surface area contributed by atoms with Gasteiger partial charge in [0.25, 0.3) is 11.5 Å². The third-order valence-corrected chi connectivity index (χ3v) is 4.70. The van der Waals surface area contributed by atoms with Gasteiger partial charge in [0.1, 0.15) is 28.8 Å². The summed E-state index contributed by atoms with van der Waals surface area (Å²) in [5.41, 5.74) is 0.709. The van der Waals surface area contributed by atoms with Crippen molar-refractivity contribution in [1.82, 2.24) is 24.3 Å². The fourth-order valence-corrected chi connectivity index (χ4v) is 3.23. The van der Waals surface area contributed by atoms with Gasteiger partial charge in [-0.15, -0.1) is 0 Å². The first-order chi connectivity index (χ1) is 14.1. The van der Waals surface area contributed by atoms with Crippen LogP contribution in [0.1, 0.15) is 27.8 Å². The van der Waals surface area contributed by atoms with Crippen molar-refractivity contribution in [3.63, 3.8) is 0 Å². The molecular formula is C21H19N5O3. The molecule has 1 amide bonds. The van der Waals surface area contributed by atoms with E-state index < -0.39 is 17.5 Å². The monoisotopic (exact) mass is 389 g/mol. The molecule has 0 saturated heterocycles. The van der Waals surface area contributed by atoms with Gasteiger partial charge < -0.3 is 14.6 Å². The summed E-state index contributed by atoms with van der Waals surface area (Å²) >= 11 is 0. The quantitative estimate of drug-likeness (QED) is 0.563. The predicted molar refractivity (Wildman–Crippen MR) is 107 cm³/mol. The van der Waals surface area contributed by atoms with E-state index in [1.54, 1.807) is 43.9 Å². The van der Waals surface area contributed by atoms with Gasteiger partial charge in [-0.1, -0.05) is 24.3 Å². The number of hydrogen-bond acceptors (Lipinski definition) is 5. The van der Waals surface area contributed by atoms with Crippen molar-refractivity contribution >= 4 is 11.6 Å². The van der Waals surface area contributed by atoms with Crippen LogP contribution in [0.25, 0.3) is 5.65 Å². The lowest BCUT2D eigenvalue weighted by atomic mass is 10.0. The highest BCUT2D eigenvalue weighted by atomic mass is 16.5. The highest BCUT2D eigenvalue weighted by Gasteiger charge is 2.25. The molecule has 1 aromatic carbocycles. The SMILES string of the molecule is COc1ccccc1[C@@H](NC(=O)c1cnc2ccccn2c1=O)c1nccn1C. The number of benzene rings is 1. The zero-order valence-corrected chi connectivity index (χ0v) is 15.9. The molecule has 0 aliphatic heterocycles. The Morgan fingerprint density at radius 3 is 2.66 bits per heavy atom. The summed E-state index contributed by atoms with van der Waals surface area (Å²) in [6.45, 7) is 0. The van der Waals surface area contributed by atoms with Crippen LogP contribution in [0.5, 0.6) is 5.75 Å². The molecule has 0 unspecified atom stereocenters. The molecule has 29 heavy (non-hydrogen) atoms. The molecular weight excluding hydrogens is 370 g/mol. The van der Waals surface area contributed by atoms with Crippen LogP contribution in [0.2, 0.25) is 0 Å². The average Bonchev–Trinajstić information content (AvgIpc) is 3.18. The largest absolute Gasteiger partial charge is 0.496 e. The topological polar surface area (TPSA) is 90.5 Å². The minimum Gasteiger partial charge on any atom is -0.496 e.